The molecule has 0 aromatic carbocycles. The SMILES string of the molecule is O=C(c1ccnc(Br)c1)N1CCN(c2cnccn2)CC1. The molecule has 2 aromatic rings. The molecule has 1 aliphatic rings. The van der Waals surface area contributed by atoms with E-state index in [4.69, 9.17) is 0 Å². The predicted octanol–water partition coefficient (Wildman–Crippen LogP) is 1.60. The van der Waals surface area contributed by atoms with Crippen molar-refractivity contribution in [2.75, 3.05) is 31.1 Å². The number of carbonyl (C=O) groups is 1. The van der Waals surface area contributed by atoms with Crippen LogP contribution in [0.1, 0.15) is 10.4 Å². The highest BCUT2D eigenvalue weighted by molar-refractivity contribution is 9.10. The summed E-state index contributed by atoms with van der Waals surface area (Å²) in [5, 5.41) is 0. The van der Waals surface area contributed by atoms with Gasteiger partial charge in [-0.2, -0.15) is 0 Å². The van der Waals surface area contributed by atoms with Gasteiger partial charge in [-0.05, 0) is 28.1 Å². The number of halogens is 1. The summed E-state index contributed by atoms with van der Waals surface area (Å²) in [7, 11) is 0. The van der Waals surface area contributed by atoms with Crippen molar-refractivity contribution in [3.8, 4) is 0 Å². The van der Waals surface area contributed by atoms with Crippen molar-refractivity contribution in [3.05, 3.63) is 47.1 Å². The highest BCUT2D eigenvalue weighted by atomic mass is 79.9. The quantitative estimate of drug-likeness (QED) is 0.772. The first-order valence-electron chi connectivity index (χ1n) is 6.66. The minimum Gasteiger partial charge on any atom is -0.352 e. The fourth-order valence-electron chi connectivity index (χ4n) is 2.31. The van der Waals surface area contributed by atoms with Gasteiger partial charge < -0.3 is 9.80 Å². The van der Waals surface area contributed by atoms with E-state index in [1.165, 1.54) is 0 Å². The van der Waals surface area contributed by atoms with Crippen molar-refractivity contribution < 1.29 is 4.79 Å². The number of anilines is 1. The third-order valence-corrected chi connectivity index (χ3v) is 3.85. The molecule has 0 spiro atoms. The molecule has 21 heavy (non-hydrogen) atoms. The molecule has 3 heterocycles. The molecule has 2 aromatic heterocycles. The van der Waals surface area contributed by atoms with Gasteiger partial charge in [-0.25, -0.2) is 9.97 Å². The maximum absolute atomic E-state index is 12.4. The Morgan fingerprint density at radius 3 is 2.57 bits per heavy atom. The van der Waals surface area contributed by atoms with Gasteiger partial charge in [0.2, 0.25) is 0 Å². The summed E-state index contributed by atoms with van der Waals surface area (Å²) in [6.45, 7) is 2.87. The number of piperazine rings is 1. The molecule has 3 rings (SSSR count). The Morgan fingerprint density at radius 1 is 1.10 bits per heavy atom. The van der Waals surface area contributed by atoms with Crippen LogP contribution in [0.5, 0.6) is 0 Å². The van der Waals surface area contributed by atoms with Gasteiger partial charge >= 0.3 is 0 Å². The molecule has 0 atom stereocenters. The van der Waals surface area contributed by atoms with E-state index in [2.05, 4.69) is 35.8 Å². The molecule has 0 bridgehead atoms. The normalized spacial score (nSPS) is 15.1. The summed E-state index contributed by atoms with van der Waals surface area (Å²) < 4.78 is 0.673. The number of aromatic nitrogens is 3. The summed E-state index contributed by atoms with van der Waals surface area (Å²) in [5.74, 6) is 0.896. The lowest BCUT2D eigenvalue weighted by Gasteiger charge is -2.35. The smallest absolute Gasteiger partial charge is 0.254 e. The van der Waals surface area contributed by atoms with Gasteiger partial charge in [0.25, 0.3) is 5.91 Å². The standard InChI is InChI=1S/C14H14BrN5O/c15-12-9-11(1-2-17-12)14(21)20-7-5-19(6-8-20)13-10-16-3-4-18-13/h1-4,9-10H,5-8H2. The Balaban J connectivity index is 1.64. The molecule has 108 valence electrons. The monoisotopic (exact) mass is 347 g/mol. The Labute approximate surface area is 131 Å². The number of rotatable bonds is 2. The molecule has 0 N–H and O–H groups in total. The van der Waals surface area contributed by atoms with E-state index < -0.39 is 0 Å². The molecular formula is C14H14BrN5O. The van der Waals surface area contributed by atoms with Crippen LogP contribution in [0.3, 0.4) is 0 Å². The van der Waals surface area contributed by atoms with Crippen LogP contribution in [-0.4, -0.2) is 51.9 Å². The van der Waals surface area contributed by atoms with Gasteiger partial charge in [0.05, 0.1) is 6.20 Å². The van der Waals surface area contributed by atoms with Crippen LogP contribution < -0.4 is 4.90 Å². The molecule has 0 saturated carbocycles. The fraction of sp³-hybridized carbons (Fsp3) is 0.286. The topological polar surface area (TPSA) is 62.2 Å². The average Bonchev–Trinajstić information content (AvgIpc) is 2.55. The van der Waals surface area contributed by atoms with Gasteiger partial charge in [-0.1, -0.05) is 0 Å². The Morgan fingerprint density at radius 2 is 1.90 bits per heavy atom. The number of pyridine rings is 1. The number of nitrogens with zero attached hydrogens (tertiary/aromatic N) is 5. The third kappa shape index (κ3) is 3.18. The number of carbonyl (C=O) groups excluding carboxylic acids is 1. The molecule has 0 aliphatic carbocycles. The molecule has 1 saturated heterocycles. The van der Waals surface area contributed by atoms with Gasteiger partial charge in [-0.15, -0.1) is 0 Å². The predicted molar refractivity (Wildman–Crippen MR) is 82.1 cm³/mol. The van der Waals surface area contributed by atoms with Gasteiger partial charge in [0, 0.05) is 50.3 Å². The fourth-order valence-corrected chi connectivity index (χ4v) is 2.68. The van der Waals surface area contributed by atoms with Crippen LogP contribution >= 0.6 is 15.9 Å². The highest BCUT2D eigenvalue weighted by Crippen LogP contribution is 2.15. The van der Waals surface area contributed by atoms with Crippen molar-refractivity contribution >= 4 is 27.7 Å². The highest BCUT2D eigenvalue weighted by Gasteiger charge is 2.23. The lowest BCUT2D eigenvalue weighted by atomic mass is 10.2. The van der Waals surface area contributed by atoms with Crippen molar-refractivity contribution in [3.63, 3.8) is 0 Å². The van der Waals surface area contributed by atoms with Crippen LogP contribution in [0.15, 0.2) is 41.5 Å². The summed E-state index contributed by atoms with van der Waals surface area (Å²) in [6, 6.07) is 3.49. The van der Waals surface area contributed by atoms with Crippen molar-refractivity contribution in [1.29, 1.82) is 0 Å². The lowest BCUT2D eigenvalue weighted by Crippen LogP contribution is -2.49. The molecule has 1 aliphatic heterocycles. The minimum absolute atomic E-state index is 0.0388. The van der Waals surface area contributed by atoms with E-state index in [1.807, 2.05) is 4.90 Å². The summed E-state index contributed by atoms with van der Waals surface area (Å²) in [4.78, 5) is 28.8. The molecule has 0 unspecified atom stereocenters. The van der Waals surface area contributed by atoms with Gasteiger partial charge in [0.1, 0.15) is 10.4 Å². The second-order valence-electron chi connectivity index (χ2n) is 4.71. The van der Waals surface area contributed by atoms with Crippen LogP contribution in [0.25, 0.3) is 0 Å². The van der Waals surface area contributed by atoms with Crippen molar-refractivity contribution in [1.82, 2.24) is 19.9 Å². The lowest BCUT2D eigenvalue weighted by molar-refractivity contribution is 0.0746. The van der Waals surface area contributed by atoms with Crippen molar-refractivity contribution in [2.45, 2.75) is 0 Å². The maximum Gasteiger partial charge on any atom is 0.254 e. The third-order valence-electron chi connectivity index (χ3n) is 3.41. The van der Waals surface area contributed by atoms with E-state index in [9.17, 15) is 4.79 Å². The largest absolute Gasteiger partial charge is 0.352 e. The minimum atomic E-state index is 0.0388. The van der Waals surface area contributed by atoms with Gasteiger partial charge in [0.15, 0.2) is 0 Å². The zero-order chi connectivity index (χ0) is 14.7. The molecule has 7 heteroatoms. The Kier molecular flexibility index (Phi) is 4.10. The van der Waals surface area contributed by atoms with Crippen LogP contribution in [0, 0.1) is 0 Å². The zero-order valence-electron chi connectivity index (χ0n) is 11.3. The average molecular weight is 348 g/mol. The first kappa shape index (κ1) is 13.9. The first-order valence-corrected chi connectivity index (χ1v) is 7.45. The summed E-state index contributed by atoms with van der Waals surface area (Å²) >= 11 is 3.29. The number of hydrogen-bond acceptors (Lipinski definition) is 5. The Bertz CT molecular complexity index is 628. The molecular weight excluding hydrogens is 334 g/mol. The molecule has 0 radical (unpaired) electrons. The zero-order valence-corrected chi connectivity index (χ0v) is 12.9. The van der Waals surface area contributed by atoms with Crippen molar-refractivity contribution in [2.24, 2.45) is 0 Å². The number of hydrogen-bond donors (Lipinski definition) is 0. The maximum atomic E-state index is 12.4. The number of amides is 1. The Hall–Kier alpha value is -2.02. The van der Waals surface area contributed by atoms with Crippen LogP contribution in [-0.2, 0) is 0 Å². The van der Waals surface area contributed by atoms with E-state index in [1.54, 1.807) is 36.9 Å². The van der Waals surface area contributed by atoms with E-state index in [0.29, 0.717) is 23.3 Å². The van der Waals surface area contributed by atoms with E-state index in [0.717, 1.165) is 18.9 Å². The van der Waals surface area contributed by atoms with E-state index in [-0.39, 0.29) is 5.91 Å². The molecule has 6 nitrogen and oxygen atoms in total. The van der Waals surface area contributed by atoms with Gasteiger partial charge in [-0.3, -0.25) is 9.78 Å². The summed E-state index contributed by atoms with van der Waals surface area (Å²) in [5.41, 5.74) is 0.657. The summed E-state index contributed by atoms with van der Waals surface area (Å²) in [6.07, 6.45) is 6.72. The second-order valence-corrected chi connectivity index (χ2v) is 5.52. The first-order chi connectivity index (χ1) is 10.2. The second kappa shape index (κ2) is 6.17. The molecule has 1 amide bonds. The van der Waals surface area contributed by atoms with Crippen LogP contribution in [0.2, 0.25) is 0 Å². The van der Waals surface area contributed by atoms with Crippen LogP contribution in [0.4, 0.5) is 5.82 Å². The molecule has 1 fully saturated rings. The van der Waals surface area contributed by atoms with E-state index >= 15 is 0 Å².